The Bertz CT molecular complexity index is 1260. The van der Waals surface area contributed by atoms with E-state index < -0.39 is 35.3 Å². The molecule has 3 aliphatic rings. The Balaban J connectivity index is 1.36. The van der Waals surface area contributed by atoms with Crippen LogP contribution in [0.2, 0.25) is 0 Å². The molecule has 0 saturated heterocycles. The van der Waals surface area contributed by atoms with Crippen LogP contribution in [0.5, 0.6) is 11.5 Å². The fraction of sp³-hybridized carbons (Fsp3) is 0.357. The van der Waals surface area contributed by atoms with Crippen molar-refractivity contribution in [3.8, 4) is 11.5 Å². The highest BCUT2D eigenvalue weighted by atomic mass is 16.6. The van der Waals surface area contributed by atoms with Crippen LogP contribution in [-0.4, -0.2) is 42.0 Å². The van der Waals surface area contributed by atoms with Crippen LogP contribution < -0.4 is 14.8 Å². The van der Waals surface area contributed by atoms with E-state index >= 15 is 0 Å². The van der Waals surface area contributed by atoms with Gasteiger partial charge >= 0.3 is 12.1 Å². The molecule has 3 unspecified atom stereocenters. The second kappa shape index (κ2) is 9.02. The van der Waals surface area contributed by atoms with Crippen molar-refractivity contribution >= 4 is 12.1 Å². The number of hydrogen-bond acceptors (Lipinski definition) is 7. The van der Waals surface area contributed by atoms with Crippen molar-refractivity contribution in [3.63, 3.8) is 0 Å². The molecule has 2 N–H and O–H groups in total. The number of benzene rings is 2. The molecular weight excluding hydrogens is 462 g/mol. The van der Waals surface area contributed by atoms with Crippen LogP contribution in [0.1, 0.15) is 48.7 Å². The van der Waals surface area contributed by atoms with Crippen molar-refractivity contribution < 1.29 is 33.6 Å². The number of carbonyl (C=O) groups excluding carboxylic acids is 2. The number of alkyl carbamates (subject to hydrolysis) is 1. The maximum atomic E-state index is 12.9. The number of aliphatic hydroxyl groups excluding tert-OH is 1. The molecule has 188 valence electrons. The highest BCUT2D eigenvalue weighted by molar-refractivity contribution is 5.96. The molecule has 2 aromatic carbocycles. The molecule has 36 heavy (non-hydrogen) atoms. The number of nitrogens with one attached hydrogen (secondary N) is 1. The molecule has 8 nitrogen and oxygen atoms in total. The summed E-state index contributed by atoms with van der Waals surface area (Å²) in [5, 5.41) is 12.9. The molecule has 0 fully saturated rings. The van der Waals surface area contributed by atoms with Gasteiger partial charge in [-0.15, -0.1) is 0 Å². The van der Waals surface area contributed by atoms with Crippen molar-refractivity contribution in [1.82, 2.24) is 5.32 Å². The average molecular weight is 492 g/mol. The van der Waals surface area contributed by atoms with Crippen LogP contribution in [0.3, 0.4) is 0 Å². The summed E-state index contributed by atoms with van der Waals surface area (Å²) in [5.74, 6) is 0.779. The Morgan fingerprint density at radius 1 is 1.14 bits per heavy atom. The normalized spacial score (nSPS) is 23.6. The smallest absolute Gasteiger partial charge is 0.407 e. The van der Waals surface area contributed by atoms with Gasteiger partial charge in [0.05, 0.1) is 24.2 Å². The minimum Gasteiger partial charge on any atom is -0.493 e. The molecule has 2 heterocycles. The molecule has 2 aliphatic heterocycles. The molecule has 1 amide bonds. The van der Waals surface area contributed by atoms with Gasteiger partial charge in [0.2, 0.25) is 0 Å². The summed E-state index contributed by atoms with van der Waals surface area (Å²) >= 11 is 0. The summed E-state index contributed by atoms with van der Waals surface area (Å²) in [6.07, 6.45) is 4.45. The second-order valence-corrected chi connectivity index (χ2v) is 9.98. The number of amides is 1. The Kier molecular flexibility index (Phi) is 6.00. The van der Waals surface area contributed by atoms with Gasteiger partial charge in [-0.2, -0.15) is 0 Å². The molecule has 5 rings (SSSR count). The number of hydrogen-bond donors (Lipinski definition) is 2. The summed E-state index contributed by atoms with van der Waals surface area (Å²) < 4.78 is 23.4. The summed E-state index contributed by atoms with van der Waals surface area (Å²) in [5.41, 5.74) is 0.344. The van der Waals surface area contributed by atoms with E-state index in [1.54, 1.807) is 24.3 Å². The van der Waals surface area contributed by atoms with Gasteiger partial charge in [0.1, 0.15) is 22.9 Å². The molecule has 2 aromatic rings. The van der Waals surface area contributed by atoms with E-state index in [1.165, 1.54) is 0 Å². The van der Waals surface area contributed by atoms with Crippen LogP contribution >= 0.6 is 0 Å². The molecule has 1 spiro atoms. The number of aliphatic hydroxyl groups is 1. The van der Waals surface area contributed by atoms with Crippen LogP contribution in [0, 0.1) is 5.92 Å². The second-order valence-electron chi connectivity index (χ2n) is 9.98. The fourth-order valence-corrected chi connectivity index (χ4v) is 4.80. The number of rotatable bonds is 5. The molecule has 0 saturated carbocycles. The number of fused-ring (bicyclic) bond motifs is 6. The summed E-state index contributed by atoms with van der Waals surface area (Å²) in [7, 11) is 0. The highest BCUT2D eigenvalue weighted by Crippen LogP contribution is 2.56. The van der Waals surface area contributed by atoms with Crippen molar-refractivity contribution in [1.29, 1.82) is 0 Å². The predicted molar refractivity (Wildman–Crippen MR) is 131 cm³/mol. The van der Waals surface area contributed by atoms with Gasteiger partial charge in [0, 0.05) is 23.7 Å². The molecular formula is C28H29NO7. The van der Waals surface area contributed by atoms with Crippen LogP contribution in [0.15, 0.2) is 66.5 Å². The lowest BCUT2D eigenvalue weighted by Crippen LogP contribution is -2.43. The third-order valence-corrected chi connectivity index (χ3v) is 6.22. The maximum Gasteiger partial charge on any atom is 0.407 e. The van der Waals surface area contributed by atoms with Crippen molar-refractivity contribution in [2.24, 2.45) is 5.92 Å². The van der Waals surface area contributed by atoms with E-state index in [0.717, 1.165) is 5.56 Å². The molecule has 8 heteroatoms. The monoisotopic (exact) mass is 491 g/mol. The minimum absolute atomic E-state index is 0.365. The Hall–Kier alpha value is -3.78. The standard InChI is InChI=1S/C28H29NO7/c1-27(2,3)36-26(32)29-13-6-14-33-18-10-12-22-24(16-18)34-23-15-17(30)9-11-21(23)28(22)20-8-5-4-7-19(20)25(31)35-28/h4-5,7-12,15-17,21,30H,6,13-14H2,1-3H3,(H,29,32). The lowest BCUT2D eigenvalue weighted by Gasteiger charge is -2.42. The van der Waals surface area contributed by atoms with E-state index in [1.807, 2.05) is 57.2 Å². The first-order valence-corrected chi connectivity index (χ1v) is 12.0. The fourth-order valence-electron chi connectivity index (χ4n) is 4.80. The third-order valence-electron chi connectivity index (χ3n) is 6.22. The van der Waals surface area contributed by atoms with Crippen LogP contribution in [0.25, 0.3) is 0 Å². The van der Waals surface area contributed by atoms with E-state index in [0.29, 0.717) is 48.0 Å². The number of ether oxygens (including phenoxy) is 4. The number of carbonyl (C=O) groups is 2. The topological polar surface area (TPSA) is 103 Å². The van der Waals surface area contributed by atoms with Gasteiger partial charge in [0.15, 0.2) is 5.60 Å². The van der Waals surface area contributed by atoms with Crippen molar-refractivity contribution in [3.05, 3.63) is 83.1 Å². The molecule has 3 atom stereocenters. The van der Waals surface area contributed by atoms with E-state index in [9.17, 15) is 14.7 Å². The first kappa shape index (κ1) is 23.9. The van der Waals surface area contributed by atoms with Crippen molar-refractivity contribution in [2.75, 3.05) is 13.2 Å². The summed E-state index contributed by atoms with van der Waals surface area (Å²) in [4.78, 5) is 24.6. The Morgan fingerprint density at radius 3 is 2.75 bits per heavy atom. The molecule has 1 aliphatic carbocycles. The largest absolute Gasteiger partial charge is 0.493 e. The van der Waals surface area contributed by atoms with Gasteiger partial charge in [0.25, 0.3) is 0 Å². The van der Waals surface area contributed by atoms with Gasteiger partial charge in [-0.05, 0) is 51.5 Å². The molecule has 0 aromatic heterocycles. The zero-order valence-electron chi connectivity index (χ0n) is 20.4. The highest BCUT2D eigenvalue weighted by Gasteiger charge is 2.57. The van der Waals surface area contributed by atoms with Gasteiger partial charge in [-0.3, -0.25) is 0 Å². The maximum absolute atomic E-state index is 12.9. The van der Waals surface area contributed by atoms with Gasteiger partial charge < -0.3 is 29.4 Å². The number of esters is 1. The lowest BCUT2D eigenvalue weighted by molar-refractivity contribution is -0.0155. The first-order valence-electron chi connectivity index (χ1n) is 12.0. The Labute approximate surface area is 209 Å². The van der Waals surface area contributed by atoms with Crippen LogP contribution in [-0.2, 0) is 15.1 Å². The SMILES string of the molecule is CC(C)(C)OC(=O)NCCCOc1ccc2c(c1)OC1=CC(O)C=CC1C21OC(=O)c2ccccc21. The first-order chi connectivity index (χ1) is 17.2. The molecule has 0 radical (unpaired) electrons. The van der Waals surface area contributed by atoms with Crippen molar-refractivity contribution in [2.45, 2.75) is 44.5 Å². The zero-order valence-corrected chi connectivity index (χ0v) is 20.4. The zero-order chi connectivity index (χ0) is 25.5. The van der Waals surface area contributed by atoms with E-state index in [4.69, 9.17) is 18.9 Å². The molecule has 0 bridgehead atoms. The predicted octanol–water partition coefficient (Wildman–Crippen LogP) is 4.22. The lowest BCUT2D eigenvalue weighted by atomic mass is 9.71. The quantitative estimate of drug-likeness (QED) is 0.367. The Morgan fingerprint density at radius 2 is 1.94 bits per heavy atom. The van der Waals surface area contributed by atoms with Gasteiger partial charge in [-0.25, -0.2) is 9.59 Å². The van der Waals surface area contributed by atoms with Crippen LogP contribution in [0.4, 0.5) is 4.79 Å². The summed E-state index contributed by atoms with van der Waals surface area (Å²) in [6.45, 7) is 6.21. The van der Waals surface area contributed by atoms with E-state index in [2.05, 4.69) is 5.32 Å². The van der Waals surface area contributed by atoms with Gasteiger partial charge in [-0.1, -0.05) is 30.4 Å². The van der Waals surface area contributed by atoms with E-state index in [-0.39, 0.29) is 0 Å². The average Bonchev–Trinajstić information content (AvgIpc) is 3.10. The minimum atomic E-state index is -1.10. The summed E-state index contributed by atoms with van der Waals surface area (Å²) in [6, 6.07) is 12.8. The third kappa shape index (κ3) is 4.33.